The number of hydrogen-bond acceptors (Lipinski definition) is 5. The van der Waals surface area contributed by atoms with Gasteiger partial charge in [-0.15, -0.1) is 0 Å². The number of nitro benzene ring substituents is 1. The number of fused-ring (bicyclic) bond motifs is 1. The predicted octanol–water partition coefficient (Wildman–Crippen LogP) is 3.24. The summed E-state index contributed by atoms with van der Waals surface area (Å²) >= 11 is 0. The molecule has 0 aliphatic carbocycles. The SMILES string of the molecule is O=[N+]([O-])c1ccc([C@H]2C=C(c3ccccc3)Nc3ncnn32)cc1. The average molecular weight is 319 g/mol. The standard InChI is InChI=1S/C17H13N5O2/c23-22(24)14-8-6-13(7-9-14)16-10-15(12-4-2-1-3-5-12)20-17-18-11-19-21(16)17/h1-11,16H,(H,18,19,20)/t16-/m1/s1. The second kappa shape index (κ2) is 5.62. The molecule has 4 rings (SSSR count). The summed E-state index contributed by atoms with van der Waals surface area (Å²) in [6.45, 7) is 0. The fourth-order valence-electron chi connectivity index (χ4n) is 2.75. The molecule has 118 valence electrons. The van der Waals surface area contributed by atoms with E-state index in [1.807, 2.05) is 36.4 Å². The number of allylic oxidation sites excluding steroid dienone is 1. The van der Waals surface area contributed by atoms with E-state index in [9.17, 15) is 10.1 Å². The first-order chi connectivity index (χ1) is 11.7. The lowest BCUT2D eigenvalue weighted by atomic mass is 10.0. The second-order valence-electron chi connectivity index (χ2n) is 5.39. The Kier molecular flexibility index (Phi) is 3.31. The smallest absolute Gasteiger partial charge is 0.269 e. The number of aromatic nitrogens is 3. The van der Waals surface area contributed by atoms with Gasteiger partial charge in [-0.3, -0.25) is 10.1 Å². The first-order valence-corrected chi connectivity index (χ1v) is 7.40. The van der Waals surface area contributed by atoms with Crippen LogP contribution < -0.4 is 5.32 Å². The van der Waals surface area contributed by atoms with Crippen LogP contribution in [0.4, 0.5) is 11.6 Å². The Morgan fingerprint density at radius 2 is 1.83 bits per heavy atom. The topological polar surface area (TPSA) is 85.9 Å². The molecule has 0 saturated heterocycles. The summed E-state index contributed by atoms with van der Waals surface area (Å²) in [5.74, 6) is 0.639. The Bertz CT molecular complexity index is 916. The minimum Gasteiger partial charge on any atom is -0.324 e. The maximum atomic E-state index is 10.8. The van der Waals surface area contributed by atoms with E-state index in [-0.39, 0.29) is 11.7 Å². The Morgan fingerprint density at radius 1 is 1.08 bits per heavy atom. The lowest BCUT2D eigenvalue weighted by Gasteiger charge is -2.24. The largest absolute Gasteiger partial charge is 0.324 e. The van der Waals surface area contributed by atoms with Gasteiger partial charge in [0, 0.05) is 17.8 Å². The van der Waals surface area contributed by atoms with Crippen molar-refractivity contribution in [3.05, 3.63) is 88.2 Å². The third-order valence-corrected chi connectivity index (χ3v) is 3.94. The van der Waals surface area contributed by atoms with Crippen LogP contribution in [0.2, 0.25) is 0 Å². The van der Waals surface area contributed by atoms with E-state index in [4.69, 9.17) is 0 Å². The van der Waals surface area contributed by atoms with Gasteiger partial charge in [0.1, 0.15) is 12.4 Å². The second-order valence-corrected chi connectivity index (χ2v) is 5.39. The molecule has 0 fully saturated rings. The van der Waals surface area contributed by atoms with Crippen molar-refractivity contribution in [2.45, 2.75) is 6.04 Å². The summed E-state index contributed by atoms with van der Waals surface area (Å²) in [6.07, 6.45) is 3.53. The minimum absolute atomic E-state index is 0.0683. The highest BCUT2D eigenvalue weighted by molar-refractivity contribution is 5.77. The van der Waals surface area contributed by atoms with Crippen molar-refractivity contribution in [2.24, 2.45) is 0 Å². The molecule has 2 aromatic carbocycles. The van der Waals surface area contributed by atoms with Crippen molar-refractivity contribution in [2.75, 3.05) is 5.32 Å². The predicted molar refractivity (Wildman–Crippen MR) is 89.3 cm³/mol. The van der Waals surface area contributed by atoms with Crippen LogP contribution in [0.15, 0.2) is 67.0 Å². The summed E-state index contributed by atoms with van der Waals surface area (Å²) in [6, 6.07) is 16.3. The highest BCUT2D eigenvalue weighted by Crippen LogP contribution is 2.32. The zero-order valence-electron chi connectivity index (χ0n) is 12.5. The minimum atomic E-state index is -0.404. The molecule has 0 bridgehead atoms. The molecule has 0 radical (unpaired) electrons. The zero-order valence-corrected chi connectivity index (χ0v) is 12.5. The molecule has 1 aliphatic heterocycles. The van der Waals surface area contributed by atoms with Crippen molar-refractivity contribution >= 4 is 17.3 Å². The van der Waals surface area contributed by atoms with Crippen LogP contribution in [0.3, 0.4) is 0 Å². The van der Waals surface area contributed by atoms with Gasteiger partial charge in [-0.25, -0.2) is 4.68 Å². The van der Waals surface area contributed by atoms with E-state index in [2.05, 4.69) is 15.4 Å². The Balaban J connectivity index is 1.78. The van der Waals surface area contributed by atoms with Crippen LogP contribution >= 0.6 is 0 Å². The maximum absolute atomic E-state index is 10.8. The molecule has 0 spiro atoms. The van der Waals surface area contributed by atoms with E-state index < -0.39 is 4.92 Å². The molecule has 1 aliphatic rings. The average Bonchev–Trinajstić information content (AvgIpc) is 3.10. The quantitative estimate of drug-likeness (QED) is 0.591. The highest BCUT2D eigenvalue weighted by Gasteiger charge is 2.23. The summed E-state index contributed by atoms with van der Waals surface area (Å²) in [5, 5.41) is 18.4. The van der Waals surface area contributed by atoms with Gasteiger partial charge >= 0.3 is 0 Å². The third kappa shape index (κ3) is 2.41. The first kappa shape index (κ1) is 14.1. The molecular formula is C17H13N5O2. The van der Waals surface area contributed by atoms with E-state index in [1.165, 1.54) is 18.5 Å². The summed E-state index contributed by atoms with van der Waals surface area (Å²) in [7, 11) is 0. The number of rotatable bonds is 3. The number of nitrogens with one attached hydrogen (secondary N) is 1. The number of non-ortho nitro benzene ring substituents is 1. The van der Waals surface area contributed by atoms with E-state index >= 15 is 0 Å². The van der Waals surface area contributed by atoms with Crippen LogP contribution in [-0.2, 0) is 0 Å². The Hall–Kier alpha value is -3.48. The van der Waals surface area contributed by atoms with E-state index in [0.717, 1.165) is 16.8 Å². The normalized spacial score (nSPS) is 16.0. The molecule has 1 atom stereocenters. The van der Waals surface area contributed by atoms with Gasteiger partial charge in [0.15, 0.2) is 0 Å². The van der Waals surface area contributed by atoms with Crippen LogP contribution in [0.25, 0.3) is 5.70 Å². The van der Waals surface area contributed by atoms with Crippen LogP contribution in [0.1, 0.15) is 17.2 Å². The summed E-state index contributed by atoms with van der Waals surface area (Å²) in [5.41, 5.74) is 2.94. The van der Waals surface area contributed by atoms with Gasteiger partial charge in [0.25, 0.3) is 5.69 Å². The Morgan fingerprint density at radius 3 is 2.54 bits per heavy atom. The van der Waals surface area contributed by atoms with Crippen molar-refractivity contribution < 1.29 is 4.92 Å². The highest BCUT2D eigenvalue weighted by atomic mass is 16.6. The van der Waals surface area contributed by atoms with Gasteiger partial charge in [-0.05, 0) is 29.3 Å². The fraction of sp³-hybridized carbons (Fsp3) is 0.0588. The molecule has 0 unspecified atom stereocenters. The van der Waals surface area contributed by atoms with Crippen molar-refractivity contribution in [1.82, 2.24) is 14.8 Å². The molecule has 3 aromatic rings. The molecule has 7 nitrogen and oxygen atoms in total. The van der Waals surface area contributed by atoms with Crippen molar-refractivity contribution in [3.8, 4) is 0 Å². The van der Waals surface area contributed by atoms with Crippen LogP contribution in [0, 0.1) is 10.1 Å². The monoisotopic (exact) mass is 319 g/mol. The van der Waals surface area contributed by atoms with Crippen LogP contribution in [-0.4, -0.2) is 19.7 Å². The van der Waals surface area contributed by atoms with Crippen molar-refractivity contribution in [3.63, 3.8) is 0 Å². The van der Waals surface area contributed by atoms with Gasteiger partial charge in [-0.2, -0.15) is 10.1 Å². The van der Waals surface area contributed by atoms with Gasteiger partial charge in [0.05, 0.1) is 4.92 Å². The zero-order chi connectivity index (χ0) is 16.5. The number of hydrogen-bond donors (Lipinski definition) is 1. The Labute approximate surface area is 137 Å². The summed E-state index contributed by atoms with van der Waals surface area (Å²) in [4.78, 5) is 14.7. The molecule has 2 heterocycles. The van der Waals surface area contributed by atoms with Gasteiger partial charge < -0.3 is 5.32 Å². The molecule has 0 amide bonds. The molecular weight excluding hydrogens is 306 g/mol. The molecule has 0 saturated carbocycles. The van der Waals surface area contributed by atoms with E-state index in [1.54, 1.807) is 16.8 Å². The van der Waals surface area contributed by atoms with E-state index in [0.29, 0.717) is 5.95 Å². The molecule has 24 heavy (non-hydrogen) atoms. The van der Waals surface area contributed by atoms with Crippen LogP contribution in [0.5, 0.6) is 0 Å². The number of nitrogens with zero attached hydrogens (tertiary/aromatic N) is 4. The molecule has 7 heteroatoms. The number of anilines is 1. The summed E-state index contributed by atoms with van der Waals surface area (Å²) < 4.78 is 1.76. The number of nitro groups is 1. The lowest BCUT2D eigenvalue weighted by Crippen LogP contribution is -2.20. The third-order valence-electron chi connectivity index (χ3n) is 3.94. The van der Waals surface area contributed by atoms with Gasteiger partial charge in [0.2, 0.25) is 5.95 Å². The van der Waals surface area contributed by atoms with Crippen molar-refractivity contribution in [1.29, 1.82) is 0 Å². The van der Waals surface area contributed by atoms with Gasteiger partial charge in [-0.1, -0.05) is 30.3 Å². The molecule has 1 aromatic heterocycles. The number of benzene rings is 2. The fourth-order valence-corrected chi connectivity index (χ4v) is 2.75. The first-order valence-electron chi connectivity index (χ1n) is 7.40. The lowest BCUT2D eigenvalue weighted by molar-refractivity contribution is -0.384. The maximum Gasteiger partial charge on any atom is 0.269 e. The molecule has 1 N–H and O–H groups in total.